The van der Waals surface area contributed by atoms with Crippen LogP contribution < -0.4 is 4.90 Å². The Morgan fingerprint density at radius 2 is 1.92 bits per heavy atom. The number of aromatic nitrogens is 2. The van der Waals surface area contributed by atoms with Crippen LogP contribution in [0.15, 0.2) is 12.3 Å². The van der Waals surface area contributed by atoms with Gasteiger partial charge in [0, 0.05) is 37.8 Å². The lowest BCUT2D eigenvalue weighted by Gasteiger charge is -2.48. The number of hydrogen-bond acceptors (Lipinski definition) is 5. The van der Waals surface area contributed by atoms with Gasteiger partial charge >= 0.3 is 12.3 Å². The first-order valence-electron chi connectivity index (χ1n) is 8.11. The maximum atomic E-state index is 12.7. The molecule has 0 bridgehead atoms. The molecule has 0 radical (unpaired) electrons. The lowest BCUT2D eigenvalue weighted by molar-refractivity contribution is -0.144. The predicted molar refractivity (Wildman–Crippen MR) is 84.1 cm³/mol. The molecular weight excluding hydrogens is 337 g/mol. The standard InChI is InChI=1S/C16H21F3N4O2/c1-14(2,3)25-13(24)22-7-5-15(8-22)9-23(10-15)11-4-6-20-12(21-11)16(17,18)19/h4,6H,5,7-10H2,1-3H3. The number of carbonyl (C=O) groups excluding carboxylic acids is 1. The van der Waals surface area contributed by atoms with Gasteiger partial charge < -0.3 is 14.5 Å². The molecular formula is C16H21F3N4O2. The maximum Gasteiger partial charge on any atom is 0.451 e. The van der Waals surface area contributed by atoms with E-state index in [1.807, 2.05) is 20.8 Å². The average Bonchev–Trinajstić information content (AvgIpc) is 2.89. The van der Waals surface area contributed by atoms with Gasteiger partial charge in [0.05, 0.1) is 0 Å². The topological polar surface area (TPSA) is 58.6 Å². The van der Waals surface area contributed by atoms with E-state index < -0.39 is 17.6 Å². The number of alkyl halides is 3. The van der Waals surface area contributed by atoms with Crippen LogP contribution in [0.25, 0.3) is 0 Å². The van der Waals surface area contributed by atoms with E-state index in [1.165, 1.54) is 6.07 Å². The minimum Gasteiger partial charge on any atom is -0.444 e. The Balaban J connectivity index is 1.60. The molecule has 0 unspecified atom stereocenters. The molecule has 138 valence electrons. The minimum absolute atomic E-state index is 0.0970. The third-order valence-electron chi connectivity index (χ3n) is 4.36. The summed E-state index contributed by atoms with van der Waals surface area (Å²) in [6, 6.07) is 1.47. The molecule has 2 aliphatic heterocycles. The van der Waals surface area contributed by atoms with Gasteiger partial charge in [-0.25, -0.2) is 14.8 Å². The summed E-state index contributed by atoms with van der Waals surface area (Å²) in [4.78, 5) is 22.5. The van der Waals surface area contributed by atoms with E-state index in [1.54, 1.807) is 9.80 Å². The predicted octanol–water partition coefficient (Wildman–Crippen LogP) is 2.94. The van der Waals surface area contributed by atoms with Crippen LogP contribution in [0.1, 0.15) is 33.0 Å². The molecule has 0 N–H and O–H groups in total. The smallest absolute Gasteiger partial charge is 0.444 e. The van der Waals surface area contributed by atoms with Gasteiger partial charge in [-0.3, -0.25) is 0 Å². The van der Waals surface area contributed by atoms with Gasteiger partial charge in [0.1, 0.15) is 11.4 Å². The van der Waals surface area contributed by atoms with Crippen LogP contribution >= 0.6 is 0 Å². The van der Waals surface area contributed by atoms with Crippen LogP contribution in [0, 0.1) is 5.41 Å². The zero-order valence-electron chi connectivity index (χ0n) is 14.4. The average molecular weight is 358 g/mol. The van der Waals surface area contributed by atoms with Gasteiger partial charge in [-0.15, -0.1) is 0 Å². The molecule has 1 amide bonds. The highest BCUT2D eigenvalue weighted by atomic mass is 19.4. The van der Waals surface area contributed by atoms with Crippen LogP contribution in [0.4, 0.5) is 23.8 Å². The van der Waals surface area contributed by atoms with Crippen molar-refractivity contribution >= 4 is 11.9 Å². The molecule has 6 nitrogen and oxygen atoms in total. The fourth-order valence-electron chi connectivity index (χ4n) is 3.26. The lowest BCUT2D eigenvalue weighted by atomic mass is 9.79. The summed E-state index contributed by atoms with van der Waals surface area (Å²) in [6.07, 6.45) is -2.97. The largest absolute Gasteiger partial charge is 0.451 e. The van der Waals surface area contributed by atoms with Crippen molar-refractivity contribution in [3.63, 3.8) is 0 Å². The summed E-state index contributed by atoms with van der Waals surface area (Å²) in [6.45, 7) is 7.73. The Bertz CT molecular complexity index is 666. The normalized spacial score (nSPS) is 19.9. The van der Waals surface area contributed by atoms with Crippen molar-refractivity contribution in [1.29, 1.82) is 0 Å². The molecule has 25 heavy (non-hydrogen) atoms. The van der Waals surface area contributed by atoms with Crippen molar-refractivity contribution in [3.8, 4) is 0 Å². The van der Waals surface area contributed by atoms with Gasteiger partial charge in [0.2, 0.25) is 5.82 Å². The quantitative estimate of drug-likeness (QED) is 0.773. The molecule has 1 aromatic rings. The number of anilines is 1. The molecule has 3 heterocycles. The fraction of sp³-hybridized carbons (Fsp3) is 0.688. The van der Waals surface area contributed by atoms with E-state index >= 15 is 0 Å². The molecule has 2 aliphatic rings. The van der Waals surface area contributed by atoms with Crippen LogP contribution in [-0.2, 0) is 10.9 Å². The number of ether oxygens (including phenoxy) is 1. The number of nitrogens with zero attached hydrogens (tertiary/aromatic N) is 4. The number of likely N-dealkylation sites (tertiary alicyclic amines) is 1. The first-order chi connectivity index (χ1) is 11.5. The Morgan fingerprint density at radius 3 is 2.52 bits per heavy atom. The fourth-order valence-corrected chi connectivity index (χ4v) is 3.26. The Labute approximate surface area is 144 Å². The molecule has 0 aliphatic carbocycles. The van der Waals surface area contributed by atoms with E-state index in [9.17, 15) is 18.0 Å². The third-order valence-corrected chi connectivity index (χ3v) is 4.36. The van der Waals surface area contributed by atoms with Crippen molar-refractivity contribution in [2.75, 3.05) is 31.1 Å². The summed E-state index contributed by atoms with van der Waals surface area (Å²) >= 11 is 0. The van der Waals surface area contributed by atoms with Crippen LogP contribution in [0.2, 0.25) is 0 Å². The molecule has 0 atom stereocenters. The second-order valence-corrected chi connectivity index (χ2v) is 7.74. The van der Waals surface area contributed by atoms with Crippen molar-refractivity contribution in [3.05, 3.63) is 18.1 Å². The highest BCUT2D eigenvalue weighted by Crippen LogP contribution is 2.42. The van der Waals surface area contributed by atoms with E-state index in [0.717, 1.165) is 12.6 Å². The molecule has 3 rings (SSSR count). The number of halogens is 3. The number of rotatable bonds is 1. The van der Waals surface area contributed by atoms with Gasteiger partial charge in [-0.1, -0.05) is 0 Å². The number of hydrogen-bond donors (Lipinski definition) is 0. The third kappa shape index (κ3) is 3.80. The van der Waals surface area contributed by atoms with E-state index in [0.29, 0.717) is 26.2 Å². The second-order valence-electron chi connectivity index (χ2n) is 7.74. The minimum atomic E-state index is -4.56. The molecule has 0 saturated carbocycles. The molecule has 0 aromatic carbocycles. The highest BCUT2D eigenvalue weighted by Gasteiger charge is 2.50. The van der Waals surface area contributed by atoms with Crippen molar-refractivity contribution in [2.24, 2.45) is 5.41 Å². The van der Waals surface area contributed by atoms with E-state index in [-0.39, 0.29) is 17.3 Å². The van der Waals surface area contributed by atoms with Gasteiger partial charge in [-0.2, -0.15) is 13.2 Å². The Morgan fingerprint density at radius 1 is 1.24 bits per heavy atom. The zero-order chi connectivity index (χ0) is 18.5. The Kier molecular flexibility index (Phi) is 4.08. The molecule has 1 aromatic heterocycles. The molecule has 2 saturated heterocycles. The van der Waals surface area contributed by atoms with Crippen molar-refractivity contribution < 1.29 is 22.7 Å². The van der Waals surface area contributed by atoms with Gasteiger partial charge in [0.15, 0.2) is 0 Å². The summed E-state index contributed by atoms with van der Waals surface area (Å²) in [5.41, 5.74) is -0.645. The summed E-state index contributed by atoms with van der Waals surface area (Å²) in [5.74, 6) is -0.864. The summed E-state index contributed by atoms with van der Waals surface area (Å²) in [5, 5.41) is 0. The van der Waals surface area contributed by atoms with Crippen LogP contribution in [-0.4, -0.2) is 52.7 Å². The summed E-state index contributed by atoms with van der Waals surface area (Å²) in [7, 11) is 0. The summed E-state index contributed by atoms with van der Waals surface area (Å²) < 4.78 is 43.5. The monoisotopic (exact) mass is 358 g/mol. The molecule has 2 fully saturated rings. The highest BCUT2D eigenvalue weighted by molar-refractivity contribution is 5.69. The molecule has 1 spiro atoms. The van der Waals surface area contributed by atoms with Gasteiger partial charge in [-0.05, 0) is 33.3 Å². The number of carbonyl (C=O) groups is 1. The zero-order valence-corrected chi connectivity index (χ0v) is 14.4. The van der Waals surface area contributed by atoms with Crippen molar-refractivity contribution in [1.82, 2.24) is 14.9 Å². The number of amides is 1. The van der Waals surface area contributed by atoms with Crippen LogP contribution in [0.5, 0.6) is 0 Å². The first kappa shape index (κ1) is 17.8. The van der Waals surface area contributed by atoms with Crippen LogP contribution in [0.3, 0.4) is 0 Å². The van der Waals surface area contributed by atoms with E-state index in [2.05, 4.69) is 9.97 Å². The first-order valence-corrected chi connectivity index (χ1v) is 8.11. The van der Waals surface area contributed by atoms with E-state index in [4.69, 9.17) is 4.74 Å². The SMILES string of the molecule is CC(C)(C)OC(=O)N1CCC2(C1)CN(c1ccnc(C(F)(F)F)n1)C2. The second kappa shape index (κ2) is 5.74. The lowest BCUT2D eigenvalue weighted by Crippen LogP contribution is -2.58. The molecule has 9 heteroatoms. The Hall–Kier alpha value is -2.06. The maximum absolute atomic E-state index is 12.7. The van der Waals surface area contributed by atoms with Gasteiger partial charge in [0.25, 0.3) is 0 Å². The van der Waals surface area contributed by atoms with Crippen molar-refractivity contribution in [2.45, 2.75) is 39.0 Å².